The molecule has 0 amide bonds. The number of nitrogens with zero attached hydrogens (tertiary/aromatic N) is 3. The van der Waals surface area contributed by atoms with Crippen LogP contribution >= 0.6 is 0 Å². The van der Waals surface area contributed by atoms with Crippen LogP contribution in [0.3, 0.4) is 0 Å². The molecule has 0 aliphatic carbocycles. The third-order valence-electron chi connectivity index (χ3n) is 6.27. The van der Waals surface area contributed by atoms with Crippen molar-refractivity contribution in [3.63, 3.8) is 0 Å². The molecule has 0 spiro atoms. The Morgan fingerprint density at radius 3 is 1.87 bits per heavy atom. The monoisotopic (exact) mass is 413 g/mol. The van der Waals surface area contributed by atoms with Crippen LogP contribution in [0, 0.1) is 0 Å². The predicted molar refractivity (Wildman–Crippen MR) is 127 cm³/mol. The van der Waals surface area contributed by atoms with Gasteiger partial charge in [-0.1, -0.05) is 42.5 Å². The van der Waals surface area contributed by atoms with Crippen molar-refractivity contribution >= 4 is 5.69 Å². The predicted octanol–water partition coefficient (Wildman–Crippen LogP) is 5.35. The van der Waals surface area contributed by atoms with Crippen molar-refractivity contribution in [1.82, 2.24) is 9.80 Å². The van der Waals surface area contributed by atoms with Crippen LogP contribution < -0.4 is 9.64 Å². The largest absolute Gasteiger partial charge is 0.457 e. The zero-order chi connectivity index (χ0) is 20.9. The Bertz CT molecular complexity index is 950. The number of hydrogen-bond donors (Lipinski definition) is 0. The minimum atomic E-state index is 0.869. The molecule has 0 aromatic heterocycles. The van der Waals surface area contributed by atoms with E-state index in [-0.39, 0.29) is 0 Å². The SMILES string of the molecule is c1ccc(Oc2ccc(N3CCN(Cc4ccc(CN5CCCC5)cc4)C3)cc2)cc1. The van der Waals surface area contributed by atoms with Crippen LogP contribution in [0.4, 0.5) is 5.69 Å². The molecule has 2 aliphatic rings. The second-order valence-electron chi connectivity index (χ2n) is 8.67. The van der Waals surface area contributed by atoms with Crippen molar-refractivity contribution in [2.45, 2.75) is 25.9 Å². The summed E-state index contributed by atoms with van der Waals surface area (Å²) in [5.41, 5.74) is 4.09. The summed E-state index contributed by atoms with van der Waals surface area (Å²) < 4.78 is 5.92. The van der Waals surface area contributed by atoms with Gasteiger partial charge in [-0.05, 0) is 73.5 Å². The summed E-state index contributed by atoms with van der Waals surface area (Å²) in [4.78, 5) is 7.52. The van der Waals surface area contributed by atoms with Gasteiger partial charge in [0.1, 0.15) is 11.5 Å². The van der Waals surface area contributed by atoms with Crippen LogP contribution in [0.15, 0.2) is 78.9 Å². The van der Waals surface area contributed by atoms with Gasteiger partial charge >= 0.3 is 0 Å². The smallest absolute Gasteiger partial charge is 0.127 e. The zero-order valence-electron chi connectivity index (χ0n) is 18.1. The summed E-state index contributed by atoms with van der Waals surface area (Å²) in [6.45, 7) is 7.74. The van der Waals surface area contributed by atoms with Crippen LogP contribution in [-0.2, 0) is 13.1 Å². The fourth-order valence-electron chi connectivity index (χ4n) is 4.54. The minimum absolute atomic E-state index is 0.869. The Balaban J connectivity index is 1.13. The highest BCUT2D eigenvalue weighted by Gasteiger charge is 2.20. The van der Waals surface area contributed by atoms with Crippen molar-refractivity contribution in [2.24, 2.45) is 0 Å². The van der Waals surface area contributed by atoms with Crippen molar-refractivity contribution in [3.8, 4) is 11.5 Å². The van der Waals surface area contributed by atoms with Crippen LogP contribution in [-0.4, -0.2) is 42.6 Å². The normalized spacial score (nSPS) is 17.4. The van der Waals surface area contributed by atoms with Gasteiger partial charge in [-0.15, -0.1) is 0 Å². The summed E-state index contributed by atoms with van der Waals surface area (Å²) in [5, 5.41) is 0. The molecule has 0 saturated carbocycles. The van der Waals surface area contributed by atoms with Gasteiger partial charge < -0.3 is 9.64 Å². The first kappa shape index (κ1) is 20.1. The molecule has 0 atom stereocenters. The average molecular weight is 414 g/mol. The molecular formula is C27H31N3O. The third kappa shape index (κ3) is 5.27. The standard InChI is InChI=1S/C27H31N3O/c1-2-6-26(7-3-1)31-27-14-12-25(13-15-27)30-19-18-29(22-30)21-24-10-8-23(9-11-24)20-28-16-4-5-17-28/h1-3,6-15H,4-5,16-22H2. The average Bonchev–Trinajstić information content (AvgIpc) is 3.49. The van der Waals surface area contributed by atoms with E-state index in [0.717, 1.165) is 44.3 Å². The molecular weight excluding hydrogens is 382 g/mol. The molecule has 0 bridgehead atoms. The Morgan fingerprint density at radius 2 is 1.19 bits per heavy atom. The molecule has 3 aromatic carbocycles. The van der Waals surface area contributed by atoms with E-state index < -0.39 is 0 Å². The molecule has 2 heterocycles. The molecule has 5 rings (SSSR count). The maximum absolute atomic E-state index is 5.92. The molecule has 4 heteroatoms. The van der Waals surface area contributed by atoms with E-state index in [1.54, 1.807) is 0 Å². The zero-order valence-corrected chi connectivity index (χ0v) is 18.1. The molecule has 0 N–H and O–H groups in total. The van der Waals surface area contributed by atoms with Crippen molar-refractivity contribution in [2.75, 3.05) is 37.7 Å². The van der Waals surface area contributed by atoms with E-state index in [1.165, 1.54) is 42.7 Å². The molecule has 31 heavy (non-hydrogen) atoms. The van der Waals surface area contributed by atoms with E-state index in [9.17, 15) is 0 Å². The molecule has 0 unspecified atom stereocenters. The fraction of sp³-hybridized carbons (Fsp3) is 0.333. The molecule has 2 fully saturated rings. The molecule has 160 valence electrons. The highest BCUT2D eigenvalue weighted by Crippen LogP contribution is 2.26. The lowest BCUT2D eigenvalue weighted by molar-refractivity contribution is 0.329. The molecule has 4 nitrogen and oxygen atoms in total. The Kier molecular flexibility index (Phi) is 6.19. The number of rotatable bonds is 7. The van der Waals surface area contributed by atoms with Crippen LogP contribution in [0.2, 0.25) is 0 Å². The number of para-hydroxylation sites is 1. The minimum Gasteiger partial charge on any atom is -0.457 e. The van der Waals surface area contributed by atoms with Gasteiger partial charge in [0.2, 0.25) is 0 Å². The number of likely N-dealkylation sites (tertiary alicyclic amines) is 1. The van der Waals surface area contributed by atoms with Gasteiger partial charge in [-0.2, -0.15) is 0 Å². The second-order valence-corrected chi connectivity index (χ2v) is 8.67. The van der Waals surface area contributed by atoms with Gasteiger partial charge in [0.15, 0.2) is 0 Å². The summed E-state index contributed by atoms with van der Waals surface area (Å²) >= 11 is 0. The summed E-state index contributed by atoms with van der Waals surface area (Å²) in [6.07, 6.45) is 2.71. The lowest BCUT2D eigenvalue weighted by Gasteiger charge is -2.20. The lowest BCUT2D eigenvalue weighted by Crippen LogP contribution is -2.25. The van der Waals surface area contributed by atoms with E-state index in [2.05, 4.69) is 63.2 Å². The second kappa shape index (κ2) is 9.54. The maximum atomic E-state index is 5.92. The number of anilines is 1. The first-order valence-electron chi connectivity index (χ1n) is 11.4. The van der Waals surface area contributed by atoms with Crippen molar-refractivity contribution in [3.05, 3.63) is 90.0 Å². The topological polar surface area (TPSA) is 19.0 Å². The Labute approximate surface area is 185 Å². The molecule has 2 saturated heterocycles. The van der Waals surface area contributed by atoms with Gasteiger partial charge in [0, 0.05) is 31.9 Å². The van der Waals surface area contributed by atoms with E-state index >= 15 is 0 Å². The Hall–Kier alpha value is -2.82. The number of ether oxygens (including phenoxy) is 1. The van der Waals surface area contributed by atoms with Crippen LogP contribution in [0.1, 0.15) is 24.0 Å². The number of benzene rings is 3. The highest BCUT2D eigenvalue weighted by atomic mass is 16.5. The van der Waals surface area contributed by atoms with Gasteiger partial charge in [-0.25, -0.2) is 0 Å². The van der Waals surface area contributed by atoms with Crippen molar-refractivity contribution < 1.29 is 4.74 Å². The van der Waals surface area contributed by atoms with Crippen molar-refractivity contribution in [1.29, 1.82) is 0 Å². The quantitative estimate of drug-likeness (QED) is 0.519. The Morgan fingerprint density at radius 1 is 0.581 bits per heavy atom. The summed E-state index contributed by atoms with van der Waals surface area (Å²) in [7, 11) is 0. The van der Waals surface area contributed by atoms with E-state index in [1.807, 2.05) is 30.3 Å². The van der Waals surface area contributed by atoms with Crippen LogP contribution in [0.25, 0.3) is 0 Å². The van der Waals surface area contributed by atoms with Gasteiger partial charge in [-0.3, -0.25) is 9.80 Å². The first-order chi connectivity index (χ1) is 15.3. The van der Waals surface area contributed by atoms with E-state index in [4.69, 9.17) is 4.74 Å². The summed E-state index contributed by atoms with van der Waals surface area (Å²) in [5.74, 6) is 1.74. The third-order valence-corrected chi connectivity index (χ3v) is 6.27. The van der Waals surface area contributed by atoms with Gasteiger partial charge in [0.05, 0.1) is 6.67 Å². The molecule has 2 aliphatic heterocycles. The maximum Gasteiger partial charge on any atom is 0.127 e. The molecule has 0 radical (unpaired) electrons. The van der Waals surface area contributed by atoms with E-state index in [0.29, 0.717) is 0 Å². The fourth-order valence-corrected chi connectivity index (χ4v) is 4.54. The summed E-state index contributed by atoms with van der Waals surface area (Å²) in [6, 6.07) is 27.6. The first-order valence-corrected chi connectivity index (χ1v) is 11.4. The van der Waals surface area contributed by atoms with Gasteiger partial charge in [0.25, 0.3) is 0 Å². The lowest BCUT2D eigenvalue weighted by atomic mass is 10.1. The molecule has 3 aromatic rings. The highest BCUT2D eigenvalue weighted by molar-refractivity contribution is 5.50. The number of hydrogen-bond acceptors (Lipinski definition) is 4. The van der Waals surface area contributed by atoms with Crippen LogP contribution in [0.5, 0.6) is 11.5 Å².